The number of hydrogen-bond acceptors (Lipinski definition) is 4. The quantitative estimate of drug-likeness (QED) is 0.477. The second-order valence-corrected chi connectivity index (χ2v) is 6.01. The molecule has 0 amide bonds. The maximum Gasteiger partial charge on any atom is 0.345 e. The van der Waals surface area contributed by atoms with Crippen LogP contribution in [0.5, 0.6) is 11.5 Å². The zero-order chi connectivity index (χ0) is 18.5. The molecule has 0 saturated heterocycles. The van der Waals surface area contributed by atoms with Crippen molar-refractivity contribution in [1.82, 2.24) is 0 Å². The number of esters is 2. The minimum atomic E-state index is -0.586. The molecule has 0 saturated carbocycles. The smallest absolute Gasteiger partial charge is 0.345 e. The molecule has 26 heavy (non-hydrogen) atoms. The lowest BCUT2D eigenvalue weighted by atomic mass is 10.1. The average Bonchev–Trinajstić information content (AvgIpc) is 2.63. The summed E-state index contributed by atoms with van der Waals surface area (Å²) in [7, 11) is 0. The first kappa shape index (κ1) is 17.7. The molecule has 3 rings (SSSR count). The van der Waals surface area contributed by atoms with Gasteiger partial charge < -0.3 is 9.47 Å². The molecular weight excluding hydrogens is 352 g/mol. The van der Waals surface area contributed by atoms with Gasteiger partial charge in [-0.05, 0) is 43.3 Å². The Labute approximate surface area is 155 Å². The third-order valence-corrected chi connectivity index (χ3v) is 3.94. The minimum absolute atomic E-state index is 0.254. The fourth-order valence-electron chi connectivity index (χ4n) is 2.25. The van der Waals surface area contributed by atoms with Gasteiger partial charge >= 0.3 is 11.9 Å². The number of benzene rings is 3. The van der Waals surface area contributed by atoms with Crippen LogP contribution >= 0.6 is 11.6 Å². The predicted molar refractivity (Wildman–Crippen MR) is 99.0 cm³/mol. The fourth-order valence-corrected chi connectivity index (χ4v) is 2.46. The summed E-state index contributed by atoms with van der Waals surface area (Å²) in [6, 6.07) is 20.0. The zero-order valence-corrected chi connectivity index (χ0v) is 14.7. The lowest BCUT2D eigenvalue weighted by molar-refractivity contribution is 0.0733. The summed E-state index contributed by atoms with van der Waals surface area (Å²) < 4.78 is 10.6. The molecule has 130 valence electrons. The molecule has 0 aliphatic heterocycles. The molecule has 0 fully saturated rings. The second-order valence-electron chi connectivity index (χ2n) is 5.60. The van der Waals surface area contributed by atoms with Crippen molar-refractivity contribution < 1.29 is 19.1 Å². The Morgan fingerprint density at radius 2 is 1.38 bits per heavy atom. The third-order valence-electron chi connectivity index (χ3n) is 3.61. The molecule has 4 nitrogen and oxygen atoms in total. The molecule has 0 unspecified atom stereocenters. The van der Waals surface area contributed by atoms with Crippen molar-refractivity contribution in [3.8, 4) is 11.5 Å². The molecule has 0 heterocycles. The van der Waals surface area contributed by atoms with Gasteiger partial charge in [0.05, 0.1) is 16.1 Å². The summed E-state index contributed by atoms with van der Waals surface area (Å²) in [6.45, 7) is 1.94. The highest BCUT2D eigenvalue weighted by Gasteiger charge is 2.13. The first-order chi connectivity index (χ1) is 12.5. The van der Waals surface area contributed by atoms with Crippen LogP contribution in [0.3, 0.4) is 0 Å². The number of ether oxygens (including phenoxy) is 2. The molecule has 0 atom stereocenters. The fraction of sp³-hybridized carbons (Fsp3) is 0.0476. The Hall–Kier alpha value is -3.11. The highest BCUT2D eigenvalue weighted by atomic mass is 35.5. The van der Waals surface area contributed by atoms with Crippen molar-refractivity contribution in [3.63, 3.8) is 0 Å². The Kier molecular flexibility index (Phi) is 5.34. The second kappa shape index (κ2) is 7.85. The first-order valence-electron chi connectivity index (χ1n) is 7.88. The molecule has 0 N–H and O–H groups in total. The van der Waals surface area contributed by atoms with Gasteiger partial charge in [-0.3, -0.25) is 0 Å². The molecule has 0 spiro atoms. The predicted octanol–water partition coefficient (Wildman–Crippen LogP) is 5.09. The van der Waals surface area contributed by atoms with Crippen LogP contribution in [0, 0.1) is 6.92 Å². The van der Waals surface area contributed by atoms with Crippen LogP contribution in [0.2, 0.25) is 5.02 Å². The van der Waals surface area contributed by atoms with Gasteiger partial charge in [-0.2, -0.15) is 0 Å². The Balaban J connectivity index is 1.72. The first-order valence-corrected chi connectivity index (χ1v) is 8.26. The maximum atomic E-state index is 12.2. The summed E-state index contributed by atoms with van der Waals surface area (Å²) in [4.78, 5) is 24.4. The van der Waals surface area contributed by atoms with Crippen LogP contribution in [0.25, 0.3) is 0 Å². The topological polar surface area (TPSA) is 52.6 Å². The number of aryl methyl sites for hydroxylation is 1. The van der Waals surface area contributed by atoms with Gasteiger partial charge in [0.15, 0.2) is 0 Å². The SMILES string of the molecule is Cc1ccc(C(=O)Oc2cccc(OC(=O)c3ccccc3Cl)c2)cc1. The van der Waals surface area contributed by atoms with E-state index in [-0.39, 0.29) is 17.1 Å². The van der Waals surface area contributed by atoms with Gasteiger partial charge in [0.2, 0.25) is 0 Å². The van der Waals surface area contributed by atoms with Crippen LogP contribution in [0.15, 0.2) is 72.8 Å². The van der Waals surface area contributed by atoms with Gasteiger partial charge in [0.1, 0.15) is 11.5 Å². The number of rotatable bonds is 4. The monoisotopic (exact) mass is 366 g/mol. The Bertz CT molecular complexity index is 948. The van der Waals surface area contributed by atoms with Gasteiger partial charge in [0.25, 0.3) is 0 Å². The molecular formula is C21H15ClO4. The van der Waals surface area contributed by atoms with E-state index in [0.29, 0.717) is 10.6 Å². The standard InChI is InChI=1S/C21H15ClO4/c1-14-9-11-15(12-10-14)20(23)25-16-5-4-6-17(13-16)26-21(24)18-7-2-3-8-19(18)22/h2-13H,1H3. The number of hydrogen-bond donors (Lipinski definition) is 0. The lowest BCUT2D eigenvalue weighted by Gasteiger charge is -2.08. The van der Waals surface area contributed by atoms with E-state index >= 15 is 0 Å². The van der Waals surface area contributed by atoms with Gasteiger partial charge in [-0.15, -0.1) is 0 Å². The van der Waals surface area contributed by atoms with Crippen molar-refractivity contribution in [2.45, 2.75) is 6.92 Å². The molecule has 0 aliphatic rings. The van der Waals surface area contributed by atoms with Gasteiger partial charge in [0, 0.05) is 6.07 Å². The third kappa shape index (κ3) is 4.29. The zero-order valence-electron chi connectivity index (χ0n) is 13.9. The van der Waals surface area contributed by atoms with Crippen molar-refractivity contribution in [2.24, 2.45) is 0 Å². The van der Waals surface area contributed by atoms with Crippen molar-refractivity contribution in [1.29, 1.82) is 0 Å². The Morgan fingerprint density at radius 3 is 2.04 bits per heavy atom. The number of carbonyl (C=O) groups is 2. The van der Waals surface area contributed by atoms with Gasteiger partial charge in [-0.25, -0.2) is 9.59 Å². The van der Waals surface area contributed by atoms with E-state index < -0.39 is 11.9 Å². The van der Waals surface area contributed by atoms with Crippen molar-refractivity contribution in [2.75, 3.05) is 0 Å². The lowest BCUT2D eigenvalue weighted by Crippen LogP contribution is -2.10. The van der Waals surface area contributed by atoms with E-state index in [9.17, 15) is 9.59 Å². The Morgan fingerprint density at radius 1 is 0.769 bits per heavy atom. The summed E-state index contributed by atoms with van der Waals surface area (Å²) >= 11 is 5.99. The molecule has 3 aromatic rings. The molecule has 0 aromatic heterocycles. The number of carbonyl (C=O) groups excluding carboxylic acids is 2. The largest absolute Gasteiger partial charge is 0.423 e. The van der Waals surface area contributed by atoms with E-state index in [1.807, 2.05) is 19.1 Å². The molecule has 0 bridgehead atoms. The summed E-state index contributed by atoms with van der Waals surface area (Å²) in [5.41, 5.74) is 1.75. The summed E-state index contributed by atoms with van der Waals surface area (Å²) in [5, 5.41) is 0.305. The average molecular weight is 367 g/mol. The highest BCUT2D eigenvalue weighted by molar-refractivity contribution is 6.33. The van der Waals surface area contributed by atoms with E-state index in [1.54, 1.807) is 54.6 Å². The minimum Gasteiger partial charge on any atom is -0.423 e. The van der Waals surface area contributed by atoms with E-state index in [2.05, 4.69) is 0 Å². The summed E-state index contributed by atoms with van der Waals surface area (Å²) in [5.74, 6) is -0.540. The van der Waals surface area contributed by atoms with Crippen LogP contribution < -0.4 is 9.47 Å². The summed E-state index contributed by atoms with van der Waals surface area (Å²) in [6.07, 6.45) is 0. The van der Waals surface area contributed by atoms with E-state index in [4.69, 9.17) is 21.1 Å². The molecule has 0 radical (unpaired) electrons. The van der Waals surface area contributed by atoms with Crippen LogP contribution in [-0.2, 0) is 0 Å². The van der Waals surface area contributed by atoms with Crippen molar-refractivity contribution >= 4 is 23.5 Å². The van der Waals surface area contributed by atoms with Crippen LogP contribution in [-0.4, -0.2) is 11.9 Å². The normalized spacial score (nSPS) is 10.2. The van der Waals surface area contributed by atoms with Crippen LogP contribution in [0.1, 0.15) is 26.3 Å². The molecule has 3 aromatic carbocycles. The maximum absolute atomic E-state index is 12.2. The molecule has 0 aliphatic carbocycles. The van der Waals surface area contributed by atoms with E-state index in [1.165, 1.54) is 6.07 Å². The highest BCUT2D eigenvalue weighted by Crippen LogP contribution is 2.23. The van der Waals surface area contributed by atoms with Crippen LogP contribution in [0.4, 0.5) is 0 Å². The molecule has 5 heteroatoms. The van der Waals surface area contributed by atoms with Gasteiger partial charge in [-0.1, -0.05) is 47.5 Å². The number of halogens is 1. The van der Waals surface area contributed by atoms with E-state index in [0.717, 1.165) is 5.56 Å². The van der Waals surface area contributed by atoms with Crippen molar-refractivity contribution in [3.05, 3.63) is 94.5 Å².